The molecule has 1 heterocycles. The second-order valence-corrected chi connectivity index (χ2v) is 6.34. The first-order chi connectivity index (χ1) is 12.8. The SMILES string of the molecule is CC(COc1ccc(F)cc1F)NC(=O)c1ccc2c(=O)[nH]c(=S)[nH]c2c1. The van der Waals surface area contributed by atoms with Crippen LogP contribution in [0.5, 0.6) is 5.75 Å². The maximum atomic E-state index is 13.5. The van der Waals surface area contributed by atoms with Crippen molar-refractivity contribution in [3.63, 3.8) is 0 Å². The lowest BCUT2D eigenvalue weighted by Crippen LogP contribution is -2.36. The van der Waals surface area contributed by atoms with Gasteiger partial charge in [0.1, 0.15) is 12.4 Å². The van der Waals surface area contributed by atoms with Gasteiger partial charge >= 0.3 is 0 Å². The fourth-order valence-corrected chi connectivity index (χ4v) is 2.67. The molecule has 3 rings (SSSR count). The minimum Gasteiger partial charge on any atom is -0.488 e. The van der Waals surface area contributed by atoms with Gasteiger partial charge in [-0.15, -0.1) is 0 Å². The van der Waals surface area contributed by atoms with Gasteiger partial charge in [0.05, 0.1) is 16.9 Å². The molecule has 0 bridgehead atoms. The number of rotatable bonds is 5. The van der Waals surface area contributed by atoms with Gasteiger partial charge in [0.15, 0.2) is 16.3 Å². The second-order valence-electron chi connectivity index (χ2n) is 5.93. The average Bonchev–Trinajstić information content (AvgIpc) is 2.60. The summed E-state index contributed by atoms with van der Waals surface area (Å²) in [6.45, 7) is 1.67. The summed E-state index contributed by atoms with van der Waals surface area (Å²) in [5.74, 6) is -2.01. The molecule has 6 nitrogen and oxygen atoms in total. The summed E-state index contributed by atoms with van der Waals surface area (Å²) in [6, 6.07) is 7.09. The van der Waals surface area contributed by atoms with Crippen LogP contribution in [0.4, 0.5) is 8.78 Å². The Balaban J connectivity index is 1.68. The number of hydrogen-bond donors (Lipinski definition) is 3. The Hall–Kier alpha value is -3.07. The number of hydrogen-bond acceptors (Lipinski definition) is 4. The molecule has 0 aliphatic carbocycles. The van der Waals surface area contributed by atoms with Gasteiger partial charge in [0, 0.05) is 11.6 Å². The summed E-state index contributed by atoms with van der Waals surface area (Å²) in [4.78, 5) is 29.5. The lowest BCUT2D eigenvalue weighted by atomic mass is 10.1. The van der Waals surface area contributed by atoms with Crippen molar-refractivity contribution in [2.45, 2.75) is 13.0 Å². The van der Waals surface area contributed by atoms with Crippen molar-refractivity contribution in [1.29, 1.82) is 0 Å². The molecular weight excluding hydrogens is 376 g/mol. The van der Waals surface area contributed by atoms with Gasteiger partial charge < -0.3 is 15.0 Å². The smallest absolute Gasteiger partial charge is 0.259 e. The van der Waals surface area contributed by atoms with Gasteiger partial charge in [-0.25, -0.2) is 8.78 Å². The Morgan fingerprint density at radius 1 is 1.22 bits per heavy atom. The zero-order chi connectivity index (χ0) is 19.6. The Labute approximate surface area is 157 Å². The van der Waals surface area contributed by atoms with E-state index in [2.05, 4.69) is 15.3 Å². The number of fused-ring (bicyclic) bond motifs is 1. The van der Waals surface area contributed by atoms with Crippen LogP contribution >= 0.6 is 12.2 Å². The number of ether oxygens (including phenoxy) is 1. The zero-order valence-corrected chi connectivity index (χ0v) is 15.0. The van der Waals surface area contributed by atoms with Crippen LogP contribution in [-0.4, -0.2) is 28.5 Å². The van der Waals surface area contributed by atoms with Crippen molar-refractivity contribution >= 4 is 29.0 Å². The predicted molar refractivity (Wildman–Crippen MR) is 98.5 cm³/mol. The monoisotopic (exact) mass is 391 g/mol. The van der Waals surface area contributed by atoms with Crippen LogP contribution in [0.15, 0.2) is 41.2 Å². The van der Waals surface area contributed by atoms with E-state index in [1.165, 1.54) is 24.3 Å². The van der Waals surface area contributed by atoms with Crippen LogP contribution < -0.4 is 15.6 Å². The number of aromatic nitrogens is 2. The highest BCUT2D eigenvalue weighted by Gasteiger charge is 2.13. The minimum absolute atomic E-state index is 0.00995. The maximum Gasteiger partial charge on any atom is 0.259 e. The summed E-state index contributed by atoms with van der Waals surface area (Å²) in [6.07, 6.45) is 0. The van der Waals surface area contributed by atoms with E-state index in [1.54, 1.807) is 6.92 Å². The molecule has 2 aromatic carbocycles. The topological polar surface area (TPSA) is 87.0 Å². The van der Waals surface area contributed by atoms with Crippen LogP contribution in [0.3, 0.4) is 0 Å². The summed E-state index contributed by atoms with van der Waals surface area (Å²) < 4.78 is 31.9. The number of carbonyl (C=O) groups excluding carboxylic acids is 1. The van der Waals surface area contributed by atoms with Crippen LogP contribution in [0, 0.1) is 16.4 Å². The van der Waals surface area contributed by atoms with Crippen LogP contribution in [0.25, 0.3) is 10.9 Å². The van der Waals surface area contributed by atoms with Gasteiger partial charge in [0.2, 0.25) is 0 Å². The molecule has 0 aliphatic rings. The summed E-state index contributed by atoms with van der Waals surface area (Å²) in [5, 5.41) is 3.08. The molecule has 140 valence electrons. The number of carbonyl (C=O) groups is 1. The number of aromatic amines is 2. The van der Waals surface area contributed by atoms with Crippen molar-refractivity contribution < 1.29 is 18.3 Å². The van der Waals surface area contributed by atoms with Gasteiger partial charge in [-0.1, -0.05) is 0 Å². The molecular formula is C18H15F2N3O3S. The lowest BCUT2D eigenvalue weighted by molar-refractivity contribution is 0.0926. The largest absolute Gasteiger partial charge is 0.488 e. The highest BCUT2D eigenvalue weighted by molar-refractivity contribution is 7.71. The predicted octanol–water partition coefficient (Wildman–Crippen LogP) is 3.06. The highest BCUT2D eigenvalue weighted by Crippen LogP contribution is 2.17. The molecule has 0 radical (unpaired) electrons. The number of nitrogens with one attached hydrogen (secondary N) is 3. The quantitative estimate of drug-likeness (QED) is 0.584. The second kappa shape index (κ2) is 7.67. The fraction of sp³-hybridized carbons (Fsp3) is 0.167. The molecule has 1 unspecified atom stereocenters. The molecule has 1 amide bonds. The third kappa shape index (κ3) is 4.37. The van der Waals surface area contributed by atoms with E-state index in [-0.39, 0.29) is 22.7 Å². The van der Waals surface area contributed by atoms with Crippen molar-refractivity contribution in [1.82, 2.24) is 15.3 Å². The molecule has 0 aliphatic heterocycles. The Morgan fingerprint density at radius 2 is 2.00 bits per heavy atom. The van der Waals surface area contributed by atoms with Crippen molar-refractivity contribution in [2.24, 2.45) is 0 Å². The molecule has 3 aromatic rings. The van der Waals surface area contributed by atoms with E-state index in [1.807, 2.05) is 0 Å². The minimum atomic E-state index is -0.816. The van der Waals surface area contributed by atoms with Gasteiger partial charge in [-0.05, 0) is 49.5 Å². The van der Waals surface area contributed by atoms with E-state index in [9.17, 15) is 18.4 Å². The number of amides is 1. The molecule has 0 saturated carbocycles. The number of halogens is 2. The van der Waals surface area contributed by atoms with Crippen LogP contribution in [0.2, 0.25) is 0 Å². The highest BCUT2D eigenvalue weighted by atomic mass is 32.1. The van der Waals surface area contributed by atoms with E-state index in [0.29, 0.717) is 16.5 Å². The van der Waals surface area contributed by atoms with Gasteiger partial charge in [-0.2, -0.15) is 0 Å². The third-order valence-corrected chi connectivity index (χ3v) is 3.97. The standard InChI is InChI=1S/C18H15F2N3O3S/c1-9(8-26-15-5-3-11(19)7-13(15)20)21-16(24)10-2-4-12-14(6-10)22-18(27)23-17(12)25/h2-7,9H,8H2,1H3,(H,21,24)(H2,22,23,25,27). The number of H-pyrrole nitrogens is 2. The zero-order valence-electron chi connectivity index (χ0n) is 14.1. The van der Waals surface area contributed by atoms with E-state index in [0.717, 1.165) is 12.1 Å². The Bertz CT molecular complexity index is 1130. The number of benzene rings is 2. The van der Waals surface area contributed by atoms with Gasteiger partial charge in [-0.3, -0.25) is 14.6 Å². The molecule has 0 fully saturated rings. The molecule has 3 N–H and O–H groups in total. The molecule has 0 saturated heterocycles. The van der Waals surface area contributed by atoms with Crippen molar-refractivity contribution in [3.8, 4) is 5.75 Å². The fourth-order valence-electron chi connectivity index (χ4n) is 2.47. The van der Waals surface area contributed by atoms with E-state index >= 15 is 0 Å². The van der Waals surface area contributed by atoms with Crippen LogP contribution in [0.1, 0.15) is 17.3 Å². The summed E-state index contributed by atoms with van der Waals surface area (Å²) >= 11 is 4.92. The molecule has 0 spiro atoms. The van der Waals surface area contributed by atoms with Crippen molar-refractivity contribution in [3.05, 3.63) is 68.7 Å². The molecule has 27 heavy (non-hydrogen) atoms. The lowest BCUT2D eigenvalue weighted by Gasteiger charge is -2.15. The first-order valence-electron chi connectivity index (χ1n) is 7.98. The summed E-state index contributed by atoms with van der Waals surface area (Å²) in [7, 11) is 0. The van der Waals surface area contributed by atoms with E-state index < -0.39 is 23.6 Å². The Morgan fingerprint density at radius 3 is 2.74 bits per heavy atom. The van der Waals surface area contributed by atoms with Gasteiger partial charge in [0.25, 0.3) is 11.5 Å². The first-order valence-corrected chi connectivity index (χ1v) is 8.39. The summed E-state index contributed by atoms with van der Waals surface area (Å²) in [5.41, 5.74) is 0.413. The van der Waals surface area contributed by atoms with Crippen molar-refractivity contribution in [2.75, 3.05) is 6.61 Å². The van der Waals surface area contributed by atoms with Crippen LogP contribution in [-0.2, 0) is 0 Å². The Kier molecular flexibility index (Phi) is 5.31. The molecule has 1 aromatic heterocycles. The molecule has 9 heteroatoms. The first kappa shape index (κ1) is 18.7. The third-order valence-electron chi connectivity index (χ3n) is 3.76. The maximum absolute atomic E-state index is 13.5. The van der Waals surface area contributed by atoms with E-state index in [4.69, 9.17) is 17.0 Å². The average molecular weight is 391 g/mol. The normalized spacial score (nSPS) is 12.0. The molecule has 1 atom stereocenters.